The molecule has 0 bridgehead atoms. The van der Waals surface area contributed by atoms with Crippen molar-refractivity contribution in [3.8, 4) is 0 Å². The van der Waals surface area contributed by atoms with Crippen LogP contribution in [-0.2, 0) is 19.9 Å². The molecule has 4 nitrogen and oxygen atoms in total. The van der Waals surface area contributed by atoms with Crippen molar-refractivity contribution in [3.63, 3.8) is 0 Å². The highest BCUT2D eigenvalue weighted by Gasteiger charge is 2.26. The van der Waals surface area contributed by atoms with Crippen LogP contribution in [0.25, 0.3) is 0 Å². The SMILES string of the molecule is CCc1nn(C)c(CC(NN)C(C)(C)C)c1Cl. The van der Waals surface area contributed by atoms with Gasteiger partial charge in [0.05, 0.1) is 16.4 Å². The van der Waals surface area contributed by atoms with E-state index in [2.05, 4.69) is 38.2 Å². The first-order valence-electron chi connectivity index (χ1n) is 5.97. The first kappa shape index (κ1) is 14.5. The van der Waals surface area contributed by atoms with Crippen molar-refractivity contribution >= 4 is 11.6 Å². The molecule has 0 aromatic carbocycles. The maximum Gasteiger partial charge on any atom is 0.0850 e. The van der Waals surface area contributed by atoms with Gasteiger partial charge in [-0.15, -0.1) is 0 Å². The van der Waals surface area contributed by atoms with Crippen LogP contribution in [0.4, 0.5) is 0 Å². The van der Waals surface area contributed by atoms with Crippen molar-refractivity contribution in [1.82, 2.24) is 15.2 Å². The summed E-state index contributed by atoms with van der Waals surface area (Å²) in [4.78, 5) is 0. The predicted octanol–water partition coefficient (Wildman–Crippen LogP) is 2.06. The van der Waals surface area contributed by atoms with Crippen molar-refractivity contribution in [2.75, 3.05) is 0 Å². The quantitative estimate of drug-likeness (QED) is 0.642. The van der Waals surface area contributed by atoms with E-state index < -0.39 is 0 Å². The van der Waals surface area contributed by atoms with Crippen LogP contribution in [0.3, 0.4) is 0 Å². The zero-order chi connectivity index (χ0) is 13.2. The van der Waals surface area contributed by atoms with E-state index in [1.165, 1.54) is 0 Å². The summed E-state index contributed by atoms with van der Waals surface area (Å²) in [6, 6.07) is 0.167. The highest BCUT2D eigenvalue weighted by Crippen LogP contribution is 2.27. The minimum absolute atomic E-state index is 0.0781. The molecule has 5 heteroatoms. The number of hydrazine groups is 1. The van der Waals surface area contributed by atoms with Gasteiger partial charge in [-0.05, 0) is 11.8 Å². The number of nitrogens with two attached hydrogens (primary N) is 1. The summed E-state index contributed by atoms with van der Waals surface area (Å²) < 4.78 is 1.86. The summed E-state index contributed by atoms with van der Waals surface area (Å²) >= 11 is 6.33. The summed E-state index contributed by atoms with van der Waals surface area (Å²) in [5.74, 6) is 5.62. The van der Waals surface area contributed by atoms with Gasteiger partial charge in [-0.25, -0.2) is 0 Å². The summed E-state index contributed by atoms with van der Waals surface area (Å²) in [6.45, 7) is 8.52. The molecule has 3 N–H and O–H groups in total. The second-order valence-electron chi connectivity index (χ2n) is 5.47. The van der Waals surface area contributed by atoms with E-state index in [1.54, 1.807) is 0 Å². The molecule has 1 rings (SSSR count). The predicted molar refractivity (Wildman–Crippen MR) is 71.9 cm³/mol. The van der Waals surface area contributed by atoms with Crippen LogP contribution >= 0.6 is 11.6 Å². The van der Waals surface area contributed by atoms with E-state index in [0.29, 0.717) is 0 Å². The molecule has 0 radical (unpaired) electrons. The fourth-order valence-corrected chi connectivity index (χ4v) is 2.22. The molecule has 1 aromatic rings. The Morgan fingerprint density at radius 1 is 1.47 bits per heavy atom. The van der Waals surface area contributed by atoms with Gasteiger partial charge in [0.1, 0.15) is 0 Å². The zero-order valence-corrected chi connectivity index (χ0v) is 12.1. The van der Waals surface area contributed by atoms with E-state index in [9.17, 15) is 0 Å². The van der Waals surface area contributed by atoms with E-state index in [0.717, 1.165) is 29.3 Å². The molecule has 0 fully saturated rings. The summed E-state index contributed by atoms with van der Waals surface area (Å²) in [5, 5.41) is 5.19. The topological polar surface area (TPSA) is 55.9 Å². The minimum Gasteiger partial charge on any atom is -0.271 e. The molecule has 1 atom stereocenters. The Balaban J connectivity index is 2.98. The molecule has 0 aliphatic carbocycles. The number of nitrogens with zero attached hydrogens (tertiary/aromatic N) is 2. The Kier molecular flexibility index (Phi) is 4.58. The number of hydrogen-bond donors (Lipinski definition) is 2. The Labute approximate surface area is 108 Å². The number of nitrogens with one attached hydrogen (secondary N) is 1. The first-order chi connectivity index (χ1) is 7.81. The van der Waals surface area contributed by atoms with Crippen LogP contribution in [0.15, 0.2) is 0 Å². The van der Waals surface area contributed by atoms with Gasteiger partial charge in [0.2, 0.25) is 0 Å². The van der Waals surface area contributed by atoms with Gasteiger partial charge in [0.25, 0.3) is 0 Å². The average Bonchev–Trinajstić information content (AvgIpc) is 2.49. The largest absolute Gasteiger partial charge is 0.271 e. The third-order valence-corrected chi connectivity index (χ3v) is 3.58. The van der Waals surface area contributed by atoms with Crippen LogP contribution in [0, 0.1) is 5.41 Å². The number of hydrogen-bond acceptors (Lipinski definition) is 3. The van der Waals surface area contributed by atoms with E-state index in [-0.39, 0.29) is 11.5 Å². The first-order valence-corrected chi connectivity index (χ1v) is 6.35. The van der Waals surface area contributed by atoms with Gasteiger partial charge in [-0.1, -0.05) is 39.3 Å². The maximum atomic E-state index is 6.33. The van der Waals surface area contributed by atoms with Gasteiger partial charge in [-0.2, -0.15) is 5.10 Å². The van der Waals surface area contributed by atoms with Crippen LogP contribution in [0.1, 0.15) is 39.1 Å². The Bertz CT molecular complexity index is 379. The molecule has 1 heterocycles. The summed E-state index contributed by atoms with van der Waals surface area (Å²) in [7, 11) is 1.93. The van der Waals surface area contributed by atoms with Crippen LogP contribution in [0.5, 0.6) is 0 Å². The fourth-order valence-electron chi connectivity index (χ4n) is 1.85. The third-order valence-electron chi connectivity index (χ3n) is 3.15. The smallest absolute Gasteiger partial charge is 0.0850 e. The molecule has 0 aliphatic heterocycles. The number of halogens is 1. The third kappa shape index (κ3) is 3.21. The second-order valence-corrected chi connectivity index (χ2v) is 5.85. The van der Waals surface area contributed by atoms with Crippen molar-refractivity contribution in [1.29, 1.82) is 0 Å². The molecule has 0 aliphatic rings. The molecule has 0 amide bonds. The lowest BCUT2D eigenvalue weighted by atomic mass is 9.84. The van der Waals surface area contributed by atoms with Crippen LogP contribution < -0.4 is 11.3 Å². The van der Waals surface area contributed by atoms with Gasteiger partial charge < -0.3 is 0 Å². The van der Waals surface area contributed by atoms with Gasteiger partial charge in [0, 0.05) is 19.5 Å². The van der Waals surface area contributed by atoms with Crippen molar-refractivity contribution < 1.29 is 0 Å². The van der Waals surface area contributed by atoms with Gasteiger partial charge >= 0.3 is 0 Å². The fraction of sp³-hybridized carbons (Fsp3) is 0.750. The van der Waals surface area contributed by atoms with E-state index >= 15 is 0 Å². The normalized spacial score (nSPS) is 14.1. The van der Waals surface area contributed by atoms with Crippen molar-refractivity contribution in [2.24, 2.45) is 18.3 Å². The van der Waals surface area contributed by atoms with Crippen LogP contribution in [0.2, 0.25) is 5.02 Å². The highest BCUT2D eigenvalue weighted by atomic mass is 35.5. The average molecular weight is 259 g/mol. The van der Waals surface area contributed by atoms with Crippen molar-refractivity contribution in [3.05, 3.63) is 16.4 Å². The number of aryl methyl sites for hydroxylation is 2. The molecular formula is C12H23ClN4. The lowest BCUT2D eigenvalue weighted by Crippen LogP contribution is -2.46. The molecule has 0 spiro atoms. The van der Waals surface area contributed by atoms with Gasteiger partial charge in [-0.3, -0.25) is 16.0 Å². The molecule has 17 heavy (non-hydrogen) atoms. The molecule has 1 aromatic heterocycles. The summed E-state index contributed by atoms with van der Waals surface area (Å²) in [5.41, 5.74) is 4.95. The number of aromatic nitrogens is 2. The Hall–Kier alpha value is -0.580. The Morgan fingerprint density at radius 3 is 2.41 bits per heavy atom. The minimum atomic E-state index is 0.0781. The maximum absolute atomic E-state index is 6.33. The standard InChI is InChI=1S/C12H23ClN4/c1-6-8-11(13)9(17(5)16-8)7-10(15-14)12(2,3)4/h10,15H,6-7,14H2,1-5H3. The summed E-state index contributed by atoms with van der Waals surface area (Å²) in [6.07, 6.45) is 1.63. The zero-order valence-electron chi connectivity index (χ0n) is 11.3. The molecule has 0 saturated heterocycles. The van der Waals surface area contributed by atoms with E-state index in [1.807, 2.05) is 11.7 Å². The molecular weight excluding hydrogens is 236 g/mol. The Morgan fingerprint density at radius 2 is 2.06 bits per heavy atom. The molecule has 0 saturated carbocycles. The second kappa shape index (κ2) is 5.38. The highest BCUT2D eigenvalue weighted by molar-refractivity contribution is 6.31. The van der Waals surface area contributed by atoms with E-state index in [4.69, 9.17) is 17.4 Å². The molecule has 1 unspecified atom stereocenters. The number of rotatable bonds is 4. The molecule has 98 valence electrons. The van der Waals surface area contributed by atoms with Crippen molar-refractivity contribution in [2.45, 2.75) is 46.6 Å². The van der Waals surface area contributed by atoms with Gasteiger partial charge in [0.15, 0.2) is 0 Å². The lowest BCUT2D eigenvalue weighted by Gasteiger charge is -2.30. The monoisotopic (exact) mass is 258 g/mol. The van der Waals surface area contributed by atoms with Crippen LogP contribution in [-0.4, -0.2) is 15.8 Å². The lowest BCUT2D eigenvalue weighted by molar-refractivity contribution is 0.265.